The number of aromatic hydroxyl groups is 1. The lowest BCUT2D eigenvalue weighted by atomic mass is 10.0. The van der Waals surface area contributed by atoms with Crippen molar-refractivity contribution in [3.8, 4) is 17.0 Å². The number of ether oxygens (including phenoxy) is 1. The number of phenolic OH excluding ortho intramolecular Hbond substituents is 1. The lowest BCUT2D eigenvalue weighted by molar-refractivity contribution is 0.0342. The van der Waals surface area contributed by atoms with Gasteiger partial charge in [-0.25, -0.2) is 4.98 Å². The van der Waals surface area contributed by atoms with E-state index in [1.165, 1.54) is 0 Å². The maximum absolute atomic E-state index is 9.87. The summed E-state index contributed by atoms with van der Waals surface area (Å²) in [4.78, 5) is 11.9. The van der Waals surface area contributed by atoms with Crippen LogP contribution < -0.4 is 5.32 Å². The summed E-state index contributed by atoms with van der Waals surface area (Å²) in [7, 11) is 0. The Balaban J connectivity index is 1.45. The number of nitrogens with one attached hydrogen (secondary N) is 1. The molecule has 32 heavy (non-hydrogen) atoms. The van der Waals surface area contributed by atoms with Crippen molar-refractivity contribution in [2.75, 3.05) is 31.6 Å². The van der Waals surface area contributed by atoms with Crippen LogP contribution in [0, 0.1) is 13.8 Å². The standard InChI is InChI=1S/C25H26N4O2S/c1-16-3-4-18(30)12-22(16)27-21-5-6-26-23-13-19(17(2)11-20(21)23)24-15-32-25(28-24)14-29-7-9-31-10-8-29/h3-6,11-13,15,30H,7-10,14H2,1-2H3,(H,26,27). The van der Waals surface area contributed by atoms with Crippen LogP contribution >= 0.6 is 11.3 Å². The maximum Gasteiger partial charge on any atom is 0.117 e. The second-order valence-electron chi connectivity index (χ2n) is 8.18. The largest absolute Gasteiger partial charge is 0.508 e. The summed E-state index contributed by atoms with van der Waals surface area (Å²) in [5.41, 5.74) is 7.09. The highest BCUT2D eigenvalue weighted by molar-refractivity contribution is 7.09. The van der Waals surface area contributed by atoms with Crippen LogP contribution in [-0.4, -0.2) is 46.3 Å². The van der Waals surface area contributed by atoms with Crippen molar-refractivity contribution in [1.29, 1.82) is 0 Å². The van der Waals surface area contributed by atoms with E-state index in [2.05, 4.69) is 39.6 Å². The number of hydrogen-bond acceptors (Lipinski definition) is 7. The highest BCUT2D eigenvalue weighted by Gasteiger charge is 2.15. The quantitative estimate of drug-likeness (QED) is 0.436. The van der Waals surface area contributed by atoms with Crippen molar-refractivity contribution in [2.45, 2.75) is 20.4 Å². The van der Waals surface area contributed by atoms with Gasteiger partial charge in [-0.3, -0.25) is 9.88 Å². The van der Waals surface area contributed by atoms with Crippen molar-refractivity contribution < 1.29 is 9.84 Å². The summed E-state index contributed by atoms with van der Waals surface area (Å²) >= 11 is 1.71. The highest BCUT2D eigenvalue weighted by Crippen LogP contribution is 2.34. The van der Waals surface area contributed by atoms with Gasteiger partial charge < -0.3 is 15.2 Å². The first-order valence-corrected chi connectivity index (χ1v) is 11.7. The predicted octanol–water partition coefficient (Wildman–Crippen LogP) is 5.26. The number of benzene rings is 2. The van der Waals surface area contributed by atoms with Crippen molar-refractivity contribution in [3.05, 3.63) is 64.1 Å². The summed E-state index contributed by atoms with van der Waals surface area (Å²) in [6.07, 6.45) is 1.81. The molecule has 164 valence electrons. The van der Waals surface area contributed by atoms with E-state index in [0.717, 1.165) is 82.5 Å². The van der Waals surface area contributed by atoms with Gasteiger partial charge in [-0.05, 0) is 49.2 Å². The Morgan fingerprint density at radius 2 is 1.91 bits per heavy atom. The molecule has 1 aliphatic rings. The first kappa shape index (κ1) is 20.9. The molecule has 0 amide bonds. The number of fused-ring (bicyclic) bond motifs is 1. The summed E-state index contributed by atoms with van der Waals surface area (Å²) in [6, 6.07) is 11.6. The van der Waals surface area contributed by atoms with Crippen molar-refractivity contribution in [1.82, 2.24) is 14.9 Å². The van der Waals surface area contributed by atoms with Crippen LogP contribution in [0.25, 0.3) is 22.2 Å². The fourth-order valence-electron chi connectivity index (χ4n) is 4.03. The van der Waals surface area contributed by atoms with Crippen molar-refractivity contribution >= 4 is 33.6 Å². The molecule has 2 aromatic heterocycles. The van der Waals surface area contributed by atoms with E-state index in [0.29, 0.717) is 0 Å². The topological polar surface area (TPSA) is 70.5 Å². The van der Waals surface area contributed by atoms with Crippen LogP contribution in [0.3, 0.4) is 0 Å². The Bertz CT molecular complexity index is 1260. The molecule has 7 heteroatoms. The SMILES string of the molecule is Cc1ccc(O)cc1Nc1ccnc2cc(-c3csc(CN4CCOCC4)n3)c(C)cc12. The van der Waals surface area contributed by atoms with Gasteiger partial charge in [-0.2, -0.15) is 0 Å². The first-order valence-electron chi connectivity index (χ1n) is 10.8. The number of aryl methyl sites for hydroxylation is 2. The van der Waals surface area contributed by atoms with Gasteiger partial charge in [0, 0.05) is 53.1 Å². The molecule has 0 aliphatic carbocycles. The molecule has 2 N–H and O–H groups in total. The molecule has 0 bridgehead atoms. The number of nitrogens with zero attached hydrogens (tertiary/aromatic N) is 3. The number of anilines is 2. The van der Waals surface area contributed by atoms with Gasteiger partial charge in [0.15, 0.2) is 0 Å². The first-order chi connectivity index (χ1) is 15.6. The molecule has 1 saturated heterocycles. The van der Waals surface area contributed by atoms with Crippen molar-refractivity contribution in [2.24, 2.45) is 0 Å². The summed E-state index contributed by atoms with van der Waals surface area (Å²) in [5.74, 6) is 0.242. The van der Waals surface area contributed by atoms with Crippen LogP contribution in [0.5, 0.6) is 5.75 Å². The average molecular weight is 447 g/mol. The molecule has 0 spiro atoms. The van der Waals surface area contributed by atoms with Crippen molar-refractivity contribution in [3.63, 3.8) is 0 Å². The Hall–Kier alpha value is -3.00. The van der Waals surface area contributed by atoms with Gasteiger partial charge in [0.2, 0.25) is 0 Å². The molecule has 4 aromatic rings. The summed E-state index contributed by atoms with van der Waals surface area (Å²) < 4.78 is 5.44. The molecular formula is C25H26N4O2S. The third kappa shape index (κ3) is 4.32. The summed E-state index contributed by atoms with van der Waals surface area (Å²) in [5, 5.41) is 17.6. The van der Waals surface area contributed by atoms with Gasteiger partial charge in [0.25, 0.3) is 0 Å². The molecule has 0 unspecified atom stereocenters. The maximum atomic E-state index is 9.87. The molecular weight excluding hydrogens is 420 g/mol. The van der Waals surface area contributed by atoms with Gasteiger partial charge in [0.1, 0.15) is 10.8 Å². The lowest BCUT2D eigenvalue weighted by Gasteiger charge is -2.25. The van der Waals surface area contributed by atoms with Crippen LogP contribution in [0.4, 0.5) is 11.4 Å². The molecule has 1 fully saturated rings. The van der Waals surface area contributed by atoms with E-state index in [9.17, 15) is 5.11 Å². The van der Waals surface area contributed by atoms with Gasteiger partial charge in [-0.15, -0.1) is 11.3 Å². The average Bonchev–Trinajstić information content (AvgIpc) is 3.25. The minimum atomic E-state index is 0.242. The molecule has 5 rings (SSSR count). The number of rotatable bonds is 5. The zero-order valence-electron chi connectivity index (χ0n) is 18.3. The smallest absolute Gasteiger partial charge is 0.117 e. The molecule has 0 atom stereocenters. The number of pyridine rings is 1. The molecule has 1 aliphatic heterocycles. The van der Waals surface area contributed by atoms with Gasteiger partial charge >= 0.3 is 0 Å². The molecule has 6 nitrogen and oxygen atoms in total. The molecule has 3 heterocycles. The number of hydrogen-bond donors (Lipinski definition) is 2. The fourth-order valence-corrected chi connectivity index (χ4v) is 4.87. The number of phenols is 1. The van der Waals surface area contributed by atoms with E-state index in [1.807, 2.05) is 25.3 Å². The normalized spacial score (nSPS) is 14.7. The number of aromatic nitrogens is 2. The van der Waals surface area contributed by atoms with Gasteiger partial charge in [0.05, 0.1) is 31.0 Å². The van der Waals surface area contributed by atoms with Crippen LogP contribution in [0.1, 0.15) is 16.1 Å². The van der Waals surface area contributed by atoms with Crippen LogP contribution in [0.2, 0.25) is 0 Å². The van der Waals surface area contributed by atoms with Crippen LogP contribution in [-0.2, 0) is 11.3 Å². The van der Waals surface area contributed by atoms with E-state index >= 15 is 0 Å². The van der Waals surface area contributed by atoms with E-state index < -0.39 is 0 Å². The molecule has 0 radical (unpaired) electrons. The highest BCUT2D eigenvalue weighted by atomic mass is 32.1. The molecule has 0 saturated carbocycles. The van der Waals surface area contributed by atoms with E-state index in [-0.39, 0.29) is 5.75 Å². The zero-order valence-corrected chi connectivity index (χ0v) is 19.1. The third-order valence-electron chi connectivity index (χ3n) is 5.87. The lowest BCUT2D eigenvalue weighted by Crippen LogP contribution is -2.35. The molecule has 2 aromatic carbocycles. The Morgan fingerprint density at radius 3 is 2.75 bits per heavy atom. The Labute approximate surface area is 191 Å². The second kappa shape index (κ2) is 8.86. The second-order valence-corrected chi connectivity index (χ2v) is 9.12. The predicted molar refractivity (Wildman–Crippen MR) is 130 cm³/mol. The van der Waals surface area contributed by atoms with Crippen LogP contribution in [0.15, 0.2) is 48.0 Å². The fraction of sp³-hybridized carbons (Fsp3) is 0.280. The number of thiazole rings is 1. The third-order valence-corrected chi connectivity index (χ3v) is 6.70. The number of morpholine rings is 1. The van der Waals surface area contributed by atoms with E-state index in [1.54, 1.807) is 23.5 Å². The summed E-state index contributed by atoms with van der Waals surface area (Å²) in [6.45, 7) is 8.52. The Kier molecular flexibility index (Phi) is 5.78. The zero-order chi connectivity index (χ0) is 22.1. The van der Waals surface area contributed by atoms with E-state index in [4.69, 9.17) is 9.72 Å². The Morgan fingerprint density at radius 1 is 1.06 bits per heavy atom. The monoisotopic (exact) mass is 446 g/mol. The minimum absolute atomic E-state index is 0.242. The minimum Gasteiger partial charge on any atom is -0.508 e. The van der Waals surface area contributed by atoms with Gasteiger partial charge in [-0.1, -0.05) is 6.07 Å².